The lowest BCUT2D eigenvalue weighted by Crippen LogP contribution is -2.13. The summed E-state index contributed by atoms with van der Waals surface area (Å²) in [5.74, 6) is -0.149. The van der Waals surface area contributed by atoms with E-state index in [-0.39, 0.29) is 11.7 Å². The summed E-state index contributed by atoms with van der Waals surface area (Å²) < 4.78 is 0. The molecule has 0 radical (unpaired) electrons. The number of nitrogens with zero attached hydrogens (tertiary/aromatic N) is 2. The number of aryl methyl sites for hydroxylation is 1. The van der Waals surface area contributed by atoms with E-state index in [1.165, 1.54) is 0 Å². The molecule has 7 heteroatoms. The molecule has 4 rings (SSSR count). The van der Waals surface area contributed by atoms with Gasteiger partial charge in [-0.3, -0.25) is 14.7 Å². The Labute approximate surface area is 167 Å². The van der Waals surface area contributed by atoms with Gasteiger partial charge in [0.25, 0.3) is 5.91 Å². The van der Waals surface area contributed by atoms with Crippen molar-refractivity contribution in [1.29, 1.82) is 0 Å². The summed E-state index contributed by atoms with van der Waals surface area (Å²) >= 11 is 0. The Morgan fingerprint density at radius 3 is 2.69 bits per heavy atom. The lowest BCUT2D eigenvalue weighted by Gasteiger charge is -2.03. The summed E-state index contributed by atoms with van der Waals surface area (Å²) in [5, 5.41) is 10.6. The molecule has 0 fully saturated rings. The Balaban J connectivity index is 1.60. The first kappa shape index (κ1) is 18.6. The summed E-state index contributed by atoms with van der Waals surface area (Å²) in [5.41, 5.74) is 6.24. The summed E-state index contributed by atoms with van der Waals surface area (Å²) in [6, 6.07) is 11.7. The predicted octanol–water partition coefficient (Wildman–Crippen LogP) is 3.95. The number of ketones is 1. The van der Waals surface area contributed by atoms with Crippen molar-refractivity contribution in [2.75, 3.05) is 5.32 Å². The van der Waals surface area contributed by atoms with E-state index in [2.05, 4.69) is 25.5 Å². The fourth-order valence-electron chi connectivity index (χ4n) is 3.27. The van der Waals surface area contributed by atoms with Crippen LogP contribution in [-0.4, -0.2) is 31.9 Å². The van der Waals surface area contributed by atoms with E-state index in [1.807, 2.05) is 50.2 Å². The first-order valence-electron chi connectivity index (χ1n) is 9.31. The SMILES string of the molecule is CC(=O)Cc1cccc(-c2cc3cc(NC(=O)c4n[nH]c(C)c4C)cnc3[nH]2)c1. The van der Waals surface area contributed by atoms with Gasteiger partial charge in [-0.15, -0.1) is 0 Å². The Kier molecular flexibility index (Phi) is 4.72. The third-order valence-electron chi connectivity index (χ3n) is 4.89. The van der Waals surface area contributed by atoms with Crippen molar-refractivity contribution in [2.24, 2.45) is 0 Å². The standard InChI is InChI=1S/C22H21N5O2/c1-12(28)7-15-5-4-6-16(8-15)19-10-17-9-18(11-23-21(17)25-19)24-22(29)20-13(2)14(3)26-27-20/h4-6,8-11H,7H2,1-3H3,(H,23,25)(H,24,29)(H,26,27). The number of hydrogen-bond donors (Lipinski definition) is 3. The van der Waals surface area contributed by atoms with Gasteiger partial charge in [-0.05, 0) is 50.1 Å². The topological polar surface area (TPSA) is 104 Å². The third-order valence-corrected chi connectivity index (χ3v) is 4.89. The molecule has 0 unspecified atom stereocenters. The van der Waals surface area contributed by atoms with Crippen LogP contribution in [0.3, 0.4) is 0 Å². The molecule has 0 saturated heterocycles. The largest absolute Gasteiger partial charge is 0.339 e. The molecule has 3 N–H and O–H groups in total. The lowest BCUT2D eigenvalue weighted by molar-refractivity contribution is -0.116. The number of anilines is 1. The van der Waals surface area contributed by atoms with Crippen LogP contribution in [0.15, 0.2) is 42.6 Å². The highest BCUT2D eigenvalue weighted by Crippen LogP contribution is 2.26. The van der Waals surface area contributed by atoms with Gasteiger partial charge >= 0.3 is 0 Å². The minimum atomic E-state index is -0.277. The van der Waals surface area contributed by atoms with Gasteiger partial charge in [0.1, 0.15) is 11.4 Å². The van der Waals surface area contributed by atoms with Gasteiger partial charge in [0.15, 0.2) is 5.69 Å². The zero-order chi connectivity index (χ0) is 20.5. The number of fused-ring (bicyclic) bond motifs is 1. The van der Waals surface area contributed by atoms with Crippen LogP contribution in [0, 0.1) is 13.8 Å². The van der Waals surface area contributed by atoms with E-state index in [4.69, 9.17) is 0 Å². The monoisotopic (exact) mass is 387 g/mol. The fraction of sp³-hybridized carbons (Fsp3) is 0.182. The molecule has 1 aromatic carbocycles. The number of nitrogens with one attached hydrogen (secondary N) is 3. The third kappa shape index (κ3) is 3.80. The molecular weight excluding hydrogens is 366 g/mol. The van der Waals surface area contributed by atoms with Gasteiger partial charge in [-0.25, -0.2) is 4.98 Å². The molecular formula is C22H21N5O2. The molecule has 0 spiro atoms. The molecule has 3 heterocycles. The van der Waals surface area contributed by atoms with Gasteiger partial charge in [0, 0.05) is 28.8 Å². The number of aromatic amines is 2. The summed E-state index contributed by atoms with van der Waals surface area (Å²) in [7, 11) is 0. The number of amides is 1. The van der Waals surface area contributed by atoms with Crippen molar-refractivity contribution in [2.45, 2.75) is 27.2 Å². The maximum absolute atomic E-state index is 12.5. The highest BCUT2D eigenvalue weighted by atomic mass is 16.2. The molecule has 4 aromatic rings. The smallest absolute Gasteiger partial charge is 0.276 e. The van der Waals surface area contributed by atoms with Crippen LogP contribution in [0.1, 0.15) is 34.2 Å². The number of Topliss-reactive ketones (excluding diaryl/α,β-unsaturated/α-hetero) is 1. The van der Waals surface area contributed by atoms with E-state index < -0.39 is 0 Å². The number of carbonyl (C=O) groups is 2. The Morgan fingerprint density at radius 2 is 1.97 bits per heavy atom. The first-order valence-corrected chi connectivity index (χ1v) is 9.31. The number of rotatable bonds is 5. The maximum Gasteiger partial charge on any atom is 0.276 e. The minimum absolute atomic E-state index is 0.128. The molecule has 7 nitrogen and oxygen atoms in total. The summed E-state index contributed by atoms with van der Waals surface area (Å²) in [6.07, 6.45) is 2.02. The molecule has 0 aliphatic carbocycles. The first-order chi connectivity index (χ1) is 13.9. The van der Waals surface area contributed by atoms with Crippen LogP contribution in [0.4, 0.5) is 5.69 Å². The maximum atomic E-state index is 12.5. The number of hydrogen-bond acceptors (Lipinski definition) is 4. The van der Waals surface area contributed by atoms with E-state index in [1.54, 1.807) is 13.1 Å². The van der Waals surface area contributed by atoms with Crippen LogP contribution in [0.25, 0.3) is 22.3 Å². The van der Waals surface area contributed by atoms with Crippen molar-refractivity contribution >= 4 is 28.4 Å². The number of pyridine rings is 1. The average Bonchev–Trinajstić information content (AvgIpc) is 3.25. The van der Waals surface area contributed by atoms with E-state index in [0.29, 0.717) is 17.8 Å². The Bertz CT molecular complexity index is 1240. The van der Waals surface area contributed by atoms with Crippen LogP contribution < -0.4 is 5.32 Å². The second-order valence-electron chi connectivity index (χ2n) is 7.20. The van der Waals surface area contributed by atoms with Gasteiger partial charge in [-0.1, -0.05) is 18.2 Å². The Morgan fingerprint density at radius 1 is 1.14 bits per heavy atom. The number of aromatic nitrogens is 4. The number of H-pyrrole nitrogens is 2. The van der Waals surface area contributed by atoms with Gasteiger partial charge in [0.05, 0.1) is 11.9 Å². The molecule has 0 atom stereocenters. The quantitative estimate of drug-likeness (QED) is 0.482. The Hall–Kier alpha value is -3.74. The fourth-order valence-corrected chi connectivity index (χ4v) is 3.27. The molecule has 29 heavy (non-hydrogen) atoms. The molecule has 0 bridgehead atoms. The lowest BCUT2D eigenvalue weighted by atomic mass is 10.0. The van der Waals surface area contributed by atoms with Crippen molar-refractivity contribution in [3.63, 3.8) is 0 Å². The van der Waals surface area contributed by atoms with Crippen molar-refractivity contribution in [3.05, 3.63) is 65.1 Å². The van der Waals surface area contributed by atoms with E-state index in [0.717, 1.165) is 39.1 Å². The normalized spacial score (nSPS) is 11.0. The number of carbonyl (C=O) groups excluding carboxylic acids is 2. The van der Waals surface area contributed by atoms with Gasteiger partial charge in [0.2, 0.25) is 0 Å². The second kappa shape index (κ2) is 7.35. The van der Waals surface area contributed by atoms with Crippen molar-refractivity contribution < 1.29 is 9.59 Å². The van der Waals surface area contributed by atoms with Gasteiger partial charge in [-0.2, -0.15) is 5.10 Å². The van der Waals surface area contributed by atoms with Crippen molar-refractivity contribution in [3.8, 4) is 11.3 Å². The summed E-state index contributed by atoms with van der Waals surface area (Å²) in [4.78, 5) is 31.6. The molecule has 3 aromatic heterocycles. The molecule has 1 amide bonds. The summed E-state index contributed by atoms with van der Waals surface area (Å²) in [6.45, 7) is 5.31. The van der Waals surface area contributed by atoms with Crippen LogP contribution >= 0.6 is 0 Å². The molecule has 0 saturated carbocycles. The minimum Gasteiger partial charge on any atom is -0.339 e. The predicted molar refractivity (Wildman–Crippen MR) is 112 cm³/mol. The van der Waals surface area contributed by atoms with E-state index >= 15 is 0 Å². The van der Waals surface area contributed by atoms with E-state index in [9.17, 15) is 9.59 Å². The van der Waals surface area contributed by atoms with Crippen molar-refractivity contribution in [1.82, 2.24) is 20.2 Å². The number of benzene rings is 1. The van der Waals surface area contributed by atoms with Crippen LogP contribution in [-0.2, 0) is 11.2 Å². The highest BCUT2D eigenvalue weighted by Gasteiger charge is 2.15. The second-order valence-corrected chi connectivity index (χ2v) is 7.20. The zero-order valence-corrected chi connectivity index (χ0v) is 16.5. The van der Waals surface area contributed by atoms with Gasteiger partial charge < -0.3 is 10.3 Å². The molecule has 0 aliphatic rings. The molecule has 146 valence electrons. The zero-order valence-electron chi connectivity index (χ0n) is 16.5. The molecule has 0 aliphatic heterocycles. The van der Waals surface area contributed by atoms with Crippen LogP contribution in [0.5, 0.6) is 0 Å². The average molecular weight is 387 g/mol. The van der Waals surface area contributed by atoms with Crippen LogP contribution in [0.2, 0.25) is 0 Å². The highest BCUT2D eigenvalue weighted by molar-refractivity contribution is 6.04.